The Morgan fingerprint density at radius 3 is 2.00 bits per heavy atom. The van der Waals surface area contributed by atoms with Gasteiger partial charge in [0.25, 0.3) is 0 Å². The van der Waals surface area contributed by atoms with E-state index in [4.69, 9.17) is 0 Å². The van der Waals surface area contributed by atoms with E-state index in [1.165, 1.54) is 6.92 Å². The summed E-state index contributed by atoms with van der Waals surface area (Å²) < 4.78 is 48.8. The summed E-state index contributed by atoms with van der Waals surface area (Å²) in [5.74, 6) is -4.07. The van der Waals surface area contributed by atoms with E-state index in [9.17, 15) is 27.6 Å². The van der Waals surface area contributed by atoms with Gasteiger partial charge < -0.3 is 14.2 Å². The van der Waals surface area contributed by atoms with Crippen LogP contribution in [0.1, 0.15) is 13.8 Å². The van der Waals surface area contributed by atoms with Crippen LogP contribution in [0.25, 0.3) is 0 Å². The van der Waals surface area contributed by atoms with E-state index < -0.39 is 43.4 Å². The van der Waals surface area contributed by atoms with Crippen molar-refractivity contribution in [3.05, 3.63) is 12.2 Å². The van der Waals surface area contributed by atoms with Crippen LogP contribution in [0.3, 0.4) is 0 Å². The fraction of sp³-hybridized carbons (Fsp3) is 0.545. The normalized spacial score (nSPS) is 12.2. The largest absolute Gasteiger partial charge is 0.490 e. The van der Waals surface area contributed by atoms with E-state index >= 15 is 0 Å². The molecule has 0 radical (unpaired) electrons. The number of carbonyl (C=O) groups is 3. The van der Waals surface area contributed by atoms with Crippen LogP contribution in [0.15, 0.2) is 12.2 Å². The molecule has 0 saturated heterocycles. The lowest BCUT2D eigenvalue weighted by molar-refractivity contribution is -0.204. The molecule has 0 spiro atoms. The van der Waals surface area contributed by atoms with E-state index in [0.29, 0.717) is 0 Å². The second-order valence-corrected chi connectivity index (χ2v) is 3.71. The standard InChI is InChI=1S/C11H13F3O6/c1-6(2)9(16)18-4-8(20-7(3)15)5-19-10(17)11(12,13)14/h8H,1,4-5H2,2-3H3. The van der Waals surface area contributed by atoms with Crippen LogP contribution in [0, 0.1) is 0 Å². The van der Waals surface area contributed by atoms with Gasteiger partial charge in [0.15, 0.2) is 6.10 Å². The Morgan fingerprint density at radius 1 is 1.10 bits per heavy atom. The van der Waals surface area contributed by atoms with E-state index in [-0.39, 0.29) is 5.57 Å². The molecule has 0 aromatic rings. The van der Waals surface area contributed by atoms with Gasteiger partial charge >= 0.3 is 24.1 Å². The maximum absolute atomic E-state index is 11.9. The highest BCUT2D eigenvalue weighted by atomic mass is 19.4. The molecular weight excluding hydrogens is 285 g/mol. The molecule has 9 heteroatoms. The summed E-state index contributed by atoms with van der Waals surface area (Å²) in [5.41, 5.74) is 0.0545. The first-order chi connectivity index (χ1) is 9.04. The number of hydrogen-bond acceptors (Lipinski definition) is 6. The number of ether oxygens (including phenoxy) is 3. The SMILES string of the molecule is C=C(C)C(=O)OCC(COC(=O)C(F)(F)F)OC(C)=O. The molecule has 6 nitrogen and oxygen atoms in total. The summed E-state index contributed by atoms with van der Waals surface area (Å²) in [6.45, 7) is 4.19. The average Bonchev–Trinajstić information content (AvgIpc) is 2.29. The van der Waals surface area contributed by atoms with Crippen LogP contribution < -0.4 is 0 Å². The molecular formula is C11H13F3O6. The monoisotopic (exact) mass is 298 g/mol. The van der Waals surface area contributed by atoms with Gasteiger partial charge in [-0.1, -0.05) is 6.58 Å². The van der Waals surface area contributed by atoms with Gasteiger partial charge in [0.2, 0.25) is 0 Å². The highest BCUT2D eigenvalue weighted by Crippen LogP contribution is 2.16. The van der Waals surface area contributed by atoms with Crippen molar-refractivity contribution in [2.75, 3.05) is 13.2 Å². The zero-order chi connectivity index (χ0) is 15.9. The molecule has 0 N–H and O–H groups in total. The molecule has 0 aliphatic rings. The van der Waals surface area contributed by atoms with Crippen molar-refractivity contribution in [2.24, 2.45) is 0 Å². The predicted molar refractivity (Wildman–Crippen MR) is 58.3 cm³/mol. The Hall–Kier alpha value is -2.06. The lowest BCUT2D eigenvalue weighted by atomic mass is 10.3. The molecule has 114 valence electrons. The maximum Gasteiger partial charge on any atom is 0.490 e. The van der Waals surface area contributed by atoms with Crippen molar-refractivity contribution in [1.82, 2.24) is 0 Å². The van der Waals surface area contributed by atoms with Crippen molar-refractivity contribution in [2.45, 2.75) is 26.1 Å². The summed E-state index contributed by atoms with van der Waals surface area (Å²) >= 11 is 0. The van der Waals surface area contributed by atoms with Crippen LogP contribution in [-0.4, -0.2) is 43.4 Å². The molecule has 0 rings (SSSR count). The quantitative estimate of drug-likeness (QED) is 0.416. The van der Waals surface area contributed by atoms with E-state index in [2.05, 4.69) is 20.8 Å². The third-order valence-corrected chi connectivity index (χ3v) is 1.71. The van der Waals surface area contributed by atoms with Gasteiger partial charge in [0, 0.05) is 12.5 Å². The van der Waals surface area contributed by atoms with Crippen molar-refractivity contribution < 1.29 is 41.8 Å². The molecule has 1 unspecified atom stereocenters. The van der Waals surface area contributed by atoms with Crippen LogP contribution in [0.5, 0.6) is 0 Å². The highest BCUT2D eigenvalue weighted by Gasteiger charge is 2.41. The number of alkyl halides is 3. The van der Waals surface area contributed by atoms with E-state index in [1.54, 1.807) is 0 Å². The number of hydrogen-bond donors (Lipinski definition) is 0. The van der Waals surface area contributed by atoms with Gasteiger partial charge in [0.1, 0.15) is 13.2 Å². The van der Waals surface area contributed by atoms with Crippen LogP contribution >= 0.6 is 0 Å². The summed E-state index contributed by atoms with van der Waals surface area (Å²) in [6, 6.07) is 0. The molecule has 0 amide bonds. The van der Waals surface area contributed by atoms with Gasteiger partial charge in [0.05, 0.1) is 0 Å². The van der Waals surface area contributed by atoms with Crippen LogP contribution in [-0.2, 0) is 28.6 Å². The van der Waals surface area contributed by atoms with E-state index in [1.807, 2.05) is 0 Å². The summed E-state index contributed by atoms with van der Waals surface area (Å²) in [7, 11) is 0. The maximum atomic E-state index is 11.9. The van der Waals surface area contributed by atoms with Crippen molar-refractivity contribution in [3.8, 4) is 0 Å². The fourth-order valence-corrected chi connectivity index (χ4v) is 0.893. The fourth-order valence-electron chi connectivity index (χ4n) is 0.893. The molecule has 0 saturated carbocycles. The van der Waals surface area contributed by atoms with Gasteiger partial charge in [-0.15, -0.1) is 0 Å². The minimum atomic E-state index is -5.16. The Bertz CT molecular complexity index is 401. The molecule has 0 aromatic heterocycles. The average molecular weight is 298 g/mol. The number of esters is 3. The number of halogens is 3. The molecule has 0 bridgehead atoms. The summed E-state index contributed by atoms with van der Waals surface area (Å²) in [5, 5.41) is 0. The second-order valence-electron chi connectivity index (χ2n) is 3.71. The molecule has 0 heterocycles. The van der Waals surface area contributed by atoms with Gasteiger partial charge in [-0.2, -0.15) is 13.2 Å². The number of carbonyl (C=O) groups excluding carboxylic acids is 3. The second kappa shape index (κ2) is 7.51. The zero-order valence-corrected chi connectivity index (χ0v) is 10.8. The van der Waals surface area contributed by atoms with Crippen molar-refractivity contribution in [3.63, 3.8) is 0 Å². The molecule has 1 atom stereocenters. The third kappa shape index (κ3) is 7.39. The smallest absolute Gasteiger partial charge is 0.458 e. The molecule has 0 aliphatic heterocycles. The Balaban J connectivity index is 4.43. The predicted octanol–water partition coefficient (Wildman–Crippen LogP) is 1.14. The summed E-state index contributed by atoms with van der Waals surface area (Å²) in [6.07, 6.45) is -6.49. The Morgan fingerprint density at radius 2 is 1.60 bits per heavy atom. The topological polar surface area (TPSA) is 78.9 Å². The highest BCUT2D eigenvalue weighted by molar-refractivity contribution is 5.86. The number of rotatable bonds is 6. The minimum absolute atomic E-state index is 0.0545. The summed E-state index contributed by atoms with van der Waals surface area (Å²) in [4.78, 5) is 32.3. The van der Waals surface area contributed by atoms with Gasteiger partial charge in [-0.3, -0.25) is 4.79 Å². The van der Waals surface area contributed by atoms with Crippen LogP contribution in [0.2, 0.25) is 0 Å². The van der Waals surface area contributed by atoms with E-state index in [0.717, 1.165) is 6.92 Å². The molecule has 0 fully saturated rings. The van der Waals surface area contributed by atoms with Crippen molar-refractivity contribution >= 4 is 17.9 Å². The van der Waals surface area contributed by atoms with Crippen LogP contribution in [0.4, 0.5) is 13.2 Å². The molecule has 0 aromatic carbocycles. The lowest BCUT2D eigenvalue weighted by Crippen LogP contribution is -2.33. The van der Waals surface area contributed by atoms with Crippen molar-refractivity contribution in [1.29, 1.82) is 0 Å². The lowest BCUT2D eigenvalue weighted by Gasteiger charge is -2.17. The minimum Gasteiger partial charge on any atom is -0.458 e. The first-order valence-corrected chi connectivity index (χ1v) is 5.27. The third-order valence-electron chi connectivity index (χ3n) is 1.71. The first kappa shape index (κ1) is 17.9. The Labute approximate surface area is 112 Å². The Kier molecular flexibility index (Phi) is 6.74. The van der Waals surface area contributed by atoms with Gasteiger partial charge in [-0.05, 0) is 6.92 Å². The molecule has 20 heavy (non-hydrogen) atoms. The zero-order valence-electron chi connectivity index (χ0n) is 10.8. The van der Waals surface area contributed by atoms with Gasteiger partial charge in [-0.25, -0.2) is 9.59 Å². The molecule has 0 aliphatic carbocycles. The first-order valence-electron chi connectivity index (χ1n) is 5.27.